The molecule has 1 rings (SSSR count). The van der Waals surface area contributed by atoms with E-state index in [9.17, 15) is 9.90 Å². The van der Waals surface area contributed by atoms with Gasteiger partial charge in [0, 0.05) is 11.9 Å². The van der Waals surface area contributed by atoms with Gasteiger partial charge in [0.2, 0.25) is 0 Å². The molecule has 0 spiro atoms. The van der Waals surface area contributed by atoms with Crippen molar-refractivity contribution in [2.75, 3.05) is 6.54 Å². The van der Waals surface area contributed by atoms with Crippen molar-refractivity contribution in [3.05, 3.63) is 16.1 Å². The van der Waals surface area contributed by atoms with Gasteiger partial charge in [-0.25, -0.2) is 9.78 Å². The summed E-state index contributed by atoms with van der Waals surface area (Å²) in [5, 5.41) is 18.3. The maximum atomic E-state index is 11.7. The second-order valence-electron chi connectivity index (χ2n) is 5.38. The standard InChI is InChI=1S/C14H25N3O2S/c1-5-13-17-12(8-20-13)10(4)16-14(19)15-7-11(18)6-9(2)3/h8-11,18H,5-7H2,1-4H3,(H2,15,16,19). The number of carbonyl (C=O) groups is 1. The first kappa shape index (κ1) is 16.9. The summed E-state index contributed by atoms with van der Waals surface area (Å²) in [6, 6.07) is -0.403. The molecule has 2 amide bonds. The molecule has 1 heterocycles. The second-order valence-corrected chi connectivity index (χ2v) is 6.32. The van der Waals surface area contributed by atoms with Crippen LogP contribution in [0, 0.1) is 5.92 Å². The number of aromatic nitrogens is 1. The number of nitrogens with zero attached hydrogens (tertiary/aromatic N) is 1. The summed E-state index contributed by atoms with van der Waals surface area (Å²) in [5.74, 6) is 0.413. The van der Waals surface area contributed by atoms with Crippen molar-refractivity contribution in [2.24, 2.45) is 5.92 Å². The molecule has 0 radical (unpaired) electrons. The molecule has 114 valence electrons. The Bertz CT molecular complexity index is 420. The minimum absolute atomic E-state index is 0.131. The van der Waals surface area contributed by atoms with E-state index in [1.54, 1.807) is 11.3 Å². The maximum Gasteiger partial charge on any atom is 0.315 e. The van der Waals surface area contributed by atoms with Gasteiger partial charge in [0.1, 0.15) is 0 Å². The fourth-order valence-electron chi connectivity index (χ4n) is 1.85. The molecule has 0 aliphatic carbocycles. The molecule has 0 aliphatic heterocycles. The second kappa shape index (κ2) is 8.21. The zero-order valence-electron chi connectivity index (χ0n) is 12.6. The van der Waals surface area contributed by atoms with Crippen LogP contribution < -0.4 is 10.6 Å². The molecule has 0 aliphatic rings. The van der Waals surface area contributed by atoms with E-state index in [1.807, 2.05) is 26.2 Å². The lowest BCUT2D eigenvalue weighted by atomic mass is 10.1. The monoisotopic (exact) mass is 299 g/mol. The molecule has 0 bridgehead atoms. The van der Waals surface area contributed by atoms with Crippen LogP contribution in [0.1, 0.15) is 50.9 Å². The van der Waals surface area contributed by atoms with Crippen molar-refractivity contribution in [1.82, 2.24) is 15.6 Å². The molecular weight excluding hydrogens is 274 g/mol. The van der Waals surface area contributed by atoms with Gasteiger partial charge >= 0.3 is 6.03 Å². The fraction of sp³-hybridized carbons (Fsp3) is 0.714. The summed E-state index contributed by atoms with van der Waals surface area (Å²) in [5.41, 5.74) is 0.879. The summed E-state index contributed by atoms with van der Waals surface area (Å²) in [7, 11) is 0. The van der Waals surface area contributed by atoms with E-state index in [-0.39, 0.29) is 18.6 Å². The third-order valence-electron chi connectivity index (χ3n) is 2.90. The predicted octanol–water partition coefficient (Wildman–Crippen LogP) is 2.47. The van der Waals surface area contributed by atoms with Crippen LogP contribution in [0.5, 0.6) is 0 Å². The highest BCUT2D eigenvalue weighted by molar-refractivity contribution is 7.09. The number of aryl methyl sites for hydroxylation is 1. The van der Waals surface area contributed by atoms with Gasteiger partial charge in [-0.15, -0.1) is 11.3 Å². The van der Waals surface area contributed by atoms with Crippen molar-refractivity contribution in [3.63, 3.8) is 0 Å². The molecule has 0 fully saturated rings. The number of aliphatic hydroxyl groups excluding tert-OH is 1. The van der Waals surface area contributed by atoms with Crippen molar-refractivity contribution in [1.29, 1.82) is 0 Å². The Hall–Kier alpha value is -1.14. The molecule has 3 N–H and O–H groups in total. The Morgan fingerprint density at radius 1 is 1.45 bits per heavy atom. The smallest absolute Gasteiger partial charge is 0.315 e. The first-order valence-electron chi connectivity index (χ1n) is 7.09. The van der Waals surface area contributed by atoms with Gasteiger partial charge in [0.15, 0.2) is 0 Å². The highest BCUT2D eigenvalue weighted by atomic mass is 32.1. The number of nitrogens with one attached hydrogen (secondary N) is 2. The van der Waals surface area contributed by atoms with Gasteiger partial charge in [0.05, 0.1) is 22.8 Å². The van der Waals surface area contributed by atoms with Gasteiger partial charge in [-0.2, -0.15) is 0 Å². The maximum absolute atomic E-state index is 11.7. The third kappa shape index (κ3) is 5.88. The van der Waals surface area contributed by atoms with E-state index in [2.05, 4.69) is 22.5 Å². The van der Waals surface area contributed by atoms with E-state index in [0.29, 0.717) is 12.3 Å². The average molecular weight is 299 g/mol. The van der Waals surface area contributed by atoms with Crippen LogP contribution in [-0.4, -0.2) is 28.8 Å². The Balaban J connectivity index is 2.34. The first-order valence-corrected chi connectivity index (χ1v) is 7.97. The zero-order valence-corrected chi connectivity index (χ0v) is 13.5. The van der Waals surface area contributed by atoms with Crippen molar-refractivity contribution >= 4 is 17.4 Å². The Morgan fingerprint density at radius 3 is 2.70 bits per heavy atom. The predicted molar refractivity (Wildman–Crippen MR) is 81.9 cm³/mol. The number of hydrogen-bond acceptors (Lipinski definition) is 4. The van der Waals surface area contributed by atoms with E-state index < -0.39 is 6.10 Å². The van der Waals surface area contributed by atoms with Gasteiger partial charge in [-0.1, -0.05) is 20.8 Å². The fourth-order valence-corrected chi connectivity index (χ4v) is 2.68. The Kier molecular flexibility index (Phi) is 6.95. The summed E-state index contributed by atoms with van der Waals surface area (Å²) in [6.07, 6.45) is 1.09. The number of rotatable bonds is 7. The largest absolute Gasteiger partial charge is 0.391 e. The average Bonchev–Trinajstić information content (AvgIpc) is 2.84. The van der Waals surface area contributed by atoms with Crippen molar-refractivity contribution in [3.8, 4) is 0 Å². The van der Waals surface area contributed by atoms with Crippen LogP contribution in [-0.2, 0) is 6.42 Å². The van der Waals surface area contributed by atoms with Gasteiger partial charge in [-0.3, -0.25) is 0 Å². The molecule has 0 saturated carbocycles. The summed E-state index contributed by atoms with van der Waals surface area (Å²) >= 11 is 1.61. The third-order valence-corrected chi connectivity index (χ3v) is 3.92. The van der Waals surface area contributed by atoms with Crippen molar-refractivity contribution < 1.29 is 9.90 Å². The van der Waals surface area contributed by atoms with Gasteiger partial charge < -0.3 is 15.7 Å². The number of hydrogen-bond donors (Lipinski definition) is 3. The molecule has 2 atom stereocenters. The molecule has 20 heavy (non-hydrogen) atoms. The molecule has 1 aromatic heterocycles. The minimum Gasteiger partial charge on any atom is -0.391 e. The van der Waals surface area contributed by atoms with Crippen molar-refractivity contribution in [2.45, 2.75) is 52.7 Å². The van der Waals surface area contributed by atoms with Gasteiger partial charge in [0.25, 0.3) is 0 Å². The normalized spacial score (nSPS) is 14.1. The van der Waals surface area contributed by atoms with Gasteiger partial charge in [-0.05, 0) is 25.7 Å². The van der Waals surface area contributed by atoms with E-state index >= 15 is 0 Å². The topological polar surface area (TPSA) is 74.2 Å². The number of carbonyl (C=O) groups excluding carboxylic acids is 1. The molecule has 1 aromatic rings. The molecule has 0 aromatic carbocycles. The zero-order chi connectivity index (χ0) is 15.1. The Morgan fingerprint density at radius 2 is 2.15 bits per heavy atom. The van der Waals surface area contributed by atoms with Crippen LogP contribution in [0.15, 0.2) is 5.38 Å². The Labute approximate surface area is 124 Å². The van der Waals surface area contributed by atoms with E-state index in [4.69, 9.17) is 0 Å². The lowest BCUT2D eigenvalue weighted by molar-refractivity contribution is 0.146. The van der Waals surface area contributed by atoms with Crippen LogP contribution in [0.2, 0.25) is 0 Å². The molecular formula is C14H25N3O2S. The quantitative estimate of drug-likeness (QED) is 0.724. The molecule has 0 saturated heterocycles. The molecule has 6 heteroatoms. The lowest BCUT2D eigenvalue weighted by Crippen LogP contribution is -2.41. The molecule has 5 nitrogen and oxygen atoms in total. The minimum atomic E-state index is -0.498. The number of thiazole rings is 1. The van der Waals surface area contributed by atoms with E-state index in [0.717, 1.165) is 17.1 Å². The number of amides is 2. The SMILES string of the molecule is CCc1nc(C(C)NC(=O)NCC(O)CC(C)C)cs1. The number of urea groups is 1. The van der Waals surface area contributed by atoms with Crippen LogP contribution in [0.25, 0.3) is 0 Å². The van der Waals surface area contributed by atoms with Crippen LogP contribution in [0.3, 0.4) is 0 Å². The van der Waals surface area contributed by atoms with Crippen LogP contribution in [0.4, 0.5) is 4.79 Å². The molecule has 2 unspecified atom stereocenters. The number of aliphatic hydroxyl groups is 1. The summed E-state index contributed by atoms with van der Waals surface area (Å²) in [4.78, 5) is 16.2. The highest BCUT2D eigenvalue weighted by Gasteiger charge is 2.14. The first-order chi connectivity index (χ1) is 9.42. The van der Waals surface area contributed by atoms with Crippen LogP contribution >= 0.6 is 11.3 Å². The van der Waals surface area contributed by atoms with E-state index in [1.165, 1.54) is 0 Å². The summed E-state index contributed by atoms with van der Waals surface area (Å²) in [6.45, 7) is 8.31. The highest BCUT2D eigenvalue weighted by Crippen LogP contribution is 2.16. The lowest BCUT2D eigenvalue weighted by Gasteiger charge is -2.16. The summed E-state index contributed by atoms with van der Waals surface area (Å²) < 4.78 is 0.